The second kappa shape index (κ2) is 13.8. The third kappa shape index (κ3) is 7.76. The number of carbonyl (C=O) groups excluding carboxylic acids is 4. The Morgan fingerprint density at radius 1 is 1.08 bits per heavy atom. The number of piperidine rings is 1. The van der Waals surface area contributed by atoms with Crippen LogP contribution in [0.15, 0.2) is 41.3 Å². The van der Waals surface area contributed by atoms with E-state index in [9.17, 15) is 19.2 Å². The molecule has 0 aliphatic carbocycles. The molecule has 0 bridgehead atoms. The Labute approximate surface area is 238 Å². The number of halogens is 1. The van der Waals surface area contributed by atoms with Gasteiger partial charge >= 0.3 is 6.03 Å². The smallest absolute Gasteiger partial charge is 0.319 e. The molecule has 2 aliphatic rings. The lowest BCUT2D eigenvalue weighted by Crippen LogP contribution is -2.52. The van der Waals surface area contributed by atoms with Crippen molar-refractivity contribution in [2.75, 3.05) is 17.6 Å². The lowest BCUT2D eigenvalue weighted by atomic mass is 10.0. The Morgan fingerprint density at radius 2 is 1.85 bits per heavy atom. The van der Waals surface area contributed by atoms with Crippen molar-refractivity contribution >= 4 is 52.8 Å². The van der Waals surface area contributed by atoms with Gasteiger partial charge in [-0.25, -0.2) is 4.79 Å². The molecule has 1 saturated heterocycles. The molecule has 0 saturated carbocycles. The number of hydrogen-bond acceptors (Lipinski definition) is 5. The van der Waals surface area contributed by atoms with Gasteiger partial charge in [0, 0.05) is 40.7 Å². The summed E-state index contributed by atoms with van der Waals surface area (Å²) in [4.78, 5) is 51.5. The fourth-order valence-electron chi connectivity index (χ4n) is 4.86. The van der Waals surface area contributed by atoms with Gasteiger partial charge in [-0.05, 0) is 67.3 Å². The average molecular weight is 571 g/mol. The van der Waals surface area contributed by atoms with Crippen LogP contribution >= 0.6 is 23.4 Å². The predicted octanol–water partition coefficient (Wildman–Crippen LogP) is 5.66. The number of rotatable bonds is 12. The fraction of sp³-hybridized carbons (Fsp3) is 0.448. The van der Waals surface area contributed by atoms with Crippen molar-refractivity contribution in [1.29, 1.82) is 0 Å². The Bertz CT molecular complexity index is 1240. The molecule has 208 valence electrons. The minimum atomic E-state index is -0.586. The van der Waals surface area contributed by atoms with Gasteiger partial charge in [0.1, 0.15) is 6.04 Å². The Kier molecular flexibility index (Phi) is 10.3. The average Bonchev–Trinajstić information content (AvgIpc) is 3.24. The van der Waals surface area contributed by atoms with Gasteiger partial charge in [0.2, 0.25) is 11.8 Å². The van der Waals surface area contributed by atoms with Crippen LogP contribution in [0.2, 0.25) is 5.02 Å². The maximum atomic E-state index is 13.0. The minimum Gasteiger partial charge on any atom is -0.338 e. The van der Waals surface area contributed by atoms with Gasteiger partial charge in [-0.1, -0.05) is 49.4 Å². The highest BCUT2D eigenvalue weighted by atomic mass is 35.5. The van der Waals surface area contributed by atoms with E-state index in [1.807, 2.05) is 37.3 Å². The van der Waals surface area contributed by atoms with Gasteiger partial charge in [-0.2, -0.15) is 0 Å². The van der Waals surface area contributed by atoms with Crippen molar-refractivity contribution in [2.24, 2.45) is 0 Å². The standard InChI is InChI=1S/C29H35ClN4O4S/c1-19-11-12-20(17-23(19)30)32-29(38)31-15-6-4-2-3-5-7-16-39-25-10-8-9-21-22(25)18-34(28(21)37)24-13-14-26(35)33-27(24)36/h8-12,17,24H,2-7,13-16,18H2,1H3,(H2,31,32,38)(H,33,35,36). The van der Waals surface area contributed by atoms with E-state index in [1.54, 1.807) is 22.7 Å². The summed E-state index contributed by atoms with van der Waals surface area (Å²) in [5, 5.41) is 8.67. The first-order chi connectivity index (χ1) is 18.8. The molecule has 3 N–H and O–H groups in total. The maximum Gasteiger partial charge on any atom is 0.319 e. The summed E-state index contributed by atoms with van der Waals surface area (Å²) < 4.78 is 0. The zero-order valence-electron chi connectivity index (χ0n) is 22.2. The molecule has 0 radical (unpaired) electrons. The predicted molar refractivity (Wildman–Crippen MR) is 154 cm³/mol. The van der Waals surface area contributed by atoms with E-state index in [1.165, 1.54) is 0 Å². The molecule has 4 rings (SSSR count). The number of anilines is 1. The van der Waals surface area contributed by atoms with Gasteiger partial charge in [-0.3, -0.25) is 19.7 Å². The maximum absolute atomic E-state index is 13.0. The third-order valence-electron chi connectivity index (χ3n) is 7.08. The topological polar surface area (TPSA) is 108 Å². The Hall–Kier alpha value is -3.04. The number of aryl methyl sites for hydroxylation is 1. The Morgan fingerprint density at radius 3 is 2.62 bits per heavy atom. The number of fused-ring (bicyclic) bond motifs is 1. The zero-order chi connectivity index (χ0) is 27.8. The van der Waals surface area contributed by atoms with E-state index in [0.29, 0.717) is 35.8 Å². The number of nitrogens with one attached hydrogen (secondary N) is 3. The summed E-state index contributed by atoms with van der Waals surface area (Å²) in [7, 11) is 0. The molecule has 39 heavy (non-hydrogen) atoms. The number of benzene rings is 2. The van der Waals surface area contributed by atoms with Crippen LogP contribution in [0.25, 0.3) is 0 Å². The van der Waals surface area contributed by atoms with Crippen LogP contribution in [0.5, 0.6) is 0 Å². The van der Waals surface area contributed by atoms with Gasteiger partial charge in [0.05, 0.1) is 0 Å². The van der Waals surface area contributed by atoms with E-state index < -0.39 is 6.04 Å². The number of imide groups is 1. The van der Waals surface area contributed by atoms with E-state index in [-0.39, 0.29) is 30.2 Å². The molecule has 5 amide bonds. The number of amides is 5. The molecule has 1 fully saturated rings. The van der Waals surface area contributed by atoms with Crippen molar-refractivity contribution in [3.05, 3.63) is 58.1 Å². The van der Waals surface area contributed by atoms with Crippen LogP contribution in [-0.2, 0) is 16.1 Å². The van der Waals surface area contributed by atoms with Crippen molar-refractivity contribution in [3.63, 3.8) is 0 Å². The highest BCUT2D eigenvalue weighted by Gasteiger charge is 2.39. The summed E-state index contributed by atoms with van der Waals surface area (Å²) in [5.41, 5.74) is 3.30. The van der Waals surface area contributed by atoms with E-state index in [0.717, 1.165) is 60.3 Å². The third-order valence-corrected chi connectivity index (χ3v) is 8.68. The summed E-state index contributed by atoms with van der Waals surface area (Å²) >= 11 is 7.85. The molecular weight excluding hydrogens is 536 g/mol. The summed E-state index contributed by atoms with van der Waals surface area (Å²) in [5.74, 6) is 0.177. The van der Waals surface area contributed by atoms with Crippen LogP contribution in [-0.4, -0.2) is 47.0 Å². The number of unbranched alkanes of at least 4 members (excludes halogenated alkanes) is 5. The molecule has 10 heteroatoms. The van der Waals surface area contributed by atoms with Crippen LogP contribution in [0.4, 0.5) is 10.5 Å². The zero-order valence-corrected chi connectivity index (χ0v) is 23.8. The van der Waals surface area contributed by atoms with Crippen molar-refractivity contribution in [2.45, 2.75) is 75.8 Å². The first-order valence-corrected chi connectivity index (χ1v) is 14.9. The quantitative estimate of drug-likeness (QED) is 0.173. The number of carbonyl (C=O) groups is 4. The fourth-order valence-corrected chi connectivity index (χ4v) is 6.13. The number of hydrogen-bond donors (Lipinski definition) is 3. The van der Waals surface area contributed by atoms with Crippen molar-refractivity contribution in [3.8, 4) is 0 Å². The number of urea groups is 1. The van der Waals surface area contributed by atoms with Gasteiger partial charge < -0.3 is 15.5 Å². The molecule has 2 aromatic carbocycles. The summed E-state index contributed by atoms with van der Waals surface area (Å²) in [6.07, 6.45) is 7.11. The van der Waals surface area contributed by atoms with Crippen LogP contribution < -0.4 is 16.0 Å². The Balaban J connectivity index is 1.09. The molecule has 1 unspecified atom stereocenters. The first-order valence-electron chi connectivity index (χ1n) is 13.5. The SMILES string of the molecule is Cc1ccc(NC(=O)NCCCCCCCCSc2cccc3c2CN(C2CCC(=O)NC2=O)C3=O)cc1Cl. The minimum absolute atomic E-state index is 0.131. The van der Waals surface area contributed by atoms with E-state index in [2.05, 4.69) is 16.0 Å². The second-order valence-corrected chi connectivity index (χ2v) is 11.5. The highest BCUT2D eigenvalue weighted by Crippen LogP contribution is 2.34. The van der Waals surface area contributed by atoms with Crippen LogP contribution in [0, 0.1) is 6.92 Å². The molecule has 1 atom stereocenters. The molecule has 2 aromatic rings. The van der Waals surface area contributed by atoms with Gasteiger partial charge in [0.25, 0.3) is 5.91 Å². The van der Waals surface area contributed by atoms with Crippen LogP contribution in [0.1, 0.15) is 72.9 Å². The lowest BCUT2D eigenvalue weighted by molar-refractivity contribution is -0.136. The molecule has 8 nitrogen and oxygen atoms in total. The number of nitrogens with zero attached hydrogens (tertiary/aromatic N) is 1. The second-order valence-electron chi connectivity index (χ2n) is 10.00. The lowest BCUT2D eigenvalue weighted by Gasteiger charge is -2.29. The molecular formula is C29H35ClN4O4S. The molecule has 2 aliphatic heterocycles. The molecule has 0 aromatic heterocycles. The summed E-state index contributed by atoms with van der Waals surface area (Å²) in [6.45, 7) is 2.96. The van der Waals surface area contributed by atoms with Crippen molar-refractivity contribution in [1.82, 2.24) is 15.5 Å². The van der Waals surface area contributed by atoms with E-state index in [4.69, 9.17) is 11.6 Å². The largest absolute Gasteiger partial charge is 0.338 e. The van der Waals surface area contributed by atoms with Crippen LogP contribution in [0.3, 0.4) is 0 Å². The summed E-state index contributed by atoms with van der Waals surface area (Å²) in [6, 6.07) is 10.4. The molecule has 2 heterocycles. The first kappa shape index (κ1) is 29.0. The van der Waals surface area contributed by atoms with E-state index >= 15 is 0 Å². The normalized spacial score (nSPS) is 16.7. The highest BCUT2D eigenvalue weighted by molar-refractivity contribution is 7.99. The van der Waals surface area contributed by atoms with Crippen molar-refractivity contribution < 1.29 is 19.2 Å². The molecule has 0 spiro atoms. The van der Waals surface area contributed by atoms with Gasteiger partial charge in [0.15, 0.2) is 0 Å². The van der Waals surface area contributed by atoms with Gasteiger partial charge in [-0.15, -0.1) is 11.8 Å². The monoisotopic (exact) mass is 570 g/mol. The number of thioether (sulfide) groups is 1.